The second kappa shape index (κ2) is 10.3. The van der Waals surface area contributed by atoms with Gasteiger partial charge in [0, 0.05) is 43.5 Å². The summed E-state index contributed by atoms with van der Waals surface area (Å²) in [6.07, 6.45) is -0.975. The normalized spacial score (nSPS) is 19.5. The third-order valence-electron chi connectivity index (χ3n) is 4.75. The summed E-state index contributed by atoms with van der Waals surface area (Å²) in [6, 6.07) is 5.57. The zero-order valence-corrected chi connectivity index (χ0v) is 18.0. The molecule has 0 radical (unpaired) electrons. The molecule has 0 amide bonds. The quantitative estimate of drug-likeness (QED) is 0.391. The van der Waals surface area contributed by atoms with Crippen molar-refractivity contribution in [3.05, 3.63) is 54.5 Å². The van der Waals surface area contributed by atoms with Gasteiger partial charge in [0.15, 0.2) is 0 Å². The molecule has 2 aliphatic rings. The Bertz CT molecular complexity index is 864. The third-order valence-corrected chi connectivity index (χ3v) is 5.94. The minimum atomic E-state index is -4.57. The van der Waals surface area contributed by atoms with Gasteiger partial charge in [0.2, 0.25) is 5.96 Å². The molecule has 0 saturated carbocycles. The molecule has 1 saturated heterocycles. The molecule has 5 nitrogen and oxygen atoms in total. The maximum Gasteiger partial charge on any atom is 0.433 e. The second-order valence-corrected chi connectivity index (χ2v) is 8.68. The van der Waals surface area contributed by atoms with Gasteiger partial charge < -0.3 is 10.2 Å². The maximum atomic E-state index is 13.5. The van der Waals surface area contributed by atoms with E-state index in [1.54, 1.807) is 16.8 Å². The van der Waals surface area contributed by atoms with E-state index in [1.165, 1.54) is 24.3 Å². The van der Waals surface area contributed by atoms with Crippen molar-refractivity contribution in [2.75, 3.05) is 31.5 Å². The molecule has 1 aromatic carbocycles. The average molecular weight is 456 g/mol. The zero-order valence-electron chi connectivity index (χ0n) is 17.2. The SMILES string of the molecule is C=CC(C)SN1CCCN(C2=NC(C(F)(F)F)=CCC(Nc3ccc(F)cc3)=N2)CC1. The number of aliphatic imine (C=N–C) groups is 2. The summed E-state index contributed by atoms with van der Waals surface area (Å²) in [7, 11) is 0. The summed E-state index contributed by atoms with van der Waals surface area (Å²) in [5.74, 6) is -0.0395. The maximum absolute atomic E-state index is 13.5. The van der Waals surface area contributed by atoms with E-state index in [1.807, 2.05) is 13.0 Å². The molecule has 0 aliphatic carbocycles. The van der Waals surface area contributed by atoms with Gasteiger partial charge in [0.1, 0.15) is 17.3 Å². The van der Waals surface area contributed by atoms with E-state index >= 15 is 0 Å². The van der Waals surface area contributed by atoms with Gasteiger partial charge in [0.25, 0.3) is 0 Å². The number of amidine groups is 1. The third kappa shape index (κ3) is 6.83. The van der Waals surface area contributed by atoms with Crippen LogP contribution in [0.5, 0.6) is 0 Å². The standard InChI is InChI=1S/C21H25F4N5S/c1-3-15(2)31-30-12-4-11-29(13-14-30)20-27-18(21(23,24)25)9-10-19(28-20)26-17-7-5-16(22)6-8-17/h3,5-9,15H,1,4,10-14H2,2H3,(H,26,27,28). The highest BCUT2D eigenvalue weighted by molar-refractivity contribution is 7.97. The Balaban J connectivity index is 1.81. The number of allylic oxidation sites excluding steroid dienone is 1. The van der Waals surface area contributed by atoms with Gasteiger partial charge in [-0.1, -0.05) is 18.0 Å². The number of hydrogen-bond donors (Lipinski definition) is 1. The van der Waals surface area contributed by atoms with E-state index in [9.17, 15) is 17.6 Å². The number of alkyl halides is 3. The minimum absolute atomic E-state index is 0.0364. The molecule has 1 atom stereocenters. The predicted octanol–water partition coefficient (Wildman–Crippen LogP) is 5.07. The molecule has 10 heteroatoms. The van der Waals surface area contributed by atoms with Crippen LogP contribution in [-0.2, 0) is 0 Å². The molecule has 1 fully saturated rings. The monoisotopic (exact) mass is 455 g/mol. The number of nitrogens with zero attached hydrogens (tertiary/aromatic N) is 4. The van der Waals surface area contributed by atoms with E-state index in [2.05, 4.69) is 26.2 Å². The number of nitrogens with one attached hydrogen (secondary N) is 1. The van der Waals surface area contributed by atoms with Crippen molar-refractivity contribution in [3.8, 4) is 0 Å². The molecule has 2 heterocycles. The average Bonchev–Trinajstić information content (AvgIpc) is 3.08. The lowest BCUT2D eigenvalue weighted by atomic mass is 10.2. The lowest BCUT2D eigenvalue weighted by Crippen LogP contribution is -2.34. The molecule has 1 aromatic rings. The van der Waals surface area contributed by atoms with Crippen LogP contribution in [0.1, 0.15) is 19.8 Å². The smallest absolute Gasteiger partial charge is 0.343 e. The molecule has 31 heavy (non-hydrogen) atoms. The van der Waals surface area contributed by atoms with Crippen molar-refractivity contribution in [1.29, 1.82) is 0 Å². The molecule has 1 N–H and O–H groups in total. The number of halogens is 4. The van der Waals surface area contributed by atoms with Gasteiger partial charge in [-0.15, -0.1) is 6.58 Å². The van der Waals surface area contributed by atoms with E-state index < -0.39 is 17.7 Å². The summed E-state index contributed by atoms with van der Waals surface area (Å²) in [4.78, 5) is 10.1. The number of benzene rings is 1. The molecule has 168 valence electrons. The van der Waals surface area contributed by atoms with Crippen LogP contribution in [0.3, 0.4) is 0 Å². The predicted molar refractivity (Wildman–Crippen MR) is 119 cm³/mol. The summed E-state index contributed by atoms with van der Waals surface area (Å²) in [5, 5.41) is 3.24. The van der Waals surface area contributed by atoms with Crippen LogP contribution < -0.4 is 5.32 Å². The Morgan fingerprint density at radius 1 is 1.13 bits per heavy atom. The zero-order chi connectivity index (χ0) is 22.4. The van der Waals surface area contributed by atoms with Crippen LogP contribution in [0.2, 0.25) is 0 Å². The van der Waals surface area contributed by atoms with Crippen molar-refractivity contribution < 1.29 is 17.6 Å². The number of anilines is 1. The van der Waals surface area contributed by atoms with Gasteiger partial charge in [-0.2, -0.15) is 18.2 Å². The summed E-state index contributed by atoms with van der Waals surface area (Å²) < 4.78 is 55.7. The molecule has 0 bridgehead atoms. The van der Waals surface area contributed by atoms with Crippen LogP contribution in [0.4, 0.5) is 23.2 Å². The van der Waals surface area contributed by atoms with Crippen LogP contribution in [0, 0.1) is 5.82 Å². The second-order valence-electron chi connectivity index (χ2n) is 7.21. The summed E-state index contributed by atoms with van der Waals surface area (Å²) >= 11 is 1.67. The van der Waals surface area contributed by atoms with E-state index in [-0.39, 0.29) is 17.6 Å². The van der Waals surface area contributed by atoms with Crippen LogP contribution in [0.25, 0.3) is 0 Å². The minimum Gasteiger partial charge on any atom is -0.343 e. The van der Waals surface area contributed by atoms with Gasteiger partial charge in [0.05, 0.1) is 0 Å². The molecule has 2 aliphatic heterocycles. The van der Waals surface area contributed by atoms with Gasteiger partial charge in [-0.05, 0) is 43.7 Å². The lowest BCUT2D eigenvalue weighted by molar-refractivity contribution is -0.0925. The molecule has 0 aromatic heterocycles. The Kier molecular flexibility index (Phi) is 7.77. The van der Waals surface area contributed by atoms with E-state index in [0.717, 1.165) is 19.0 Å². The van der Waals surface area contributed by atoms with Crippen molar-refractivity contribution in [2.45, 2.75) is 31.2 Å². The van der Waals surface area contributed by atoms with Crippen LogP contribution in [0.15, 0.2) is 58.7 Å². The van der Waals surface area contributed by atoms with Gasteiger partial charge in [-0.25, -0.2) is 13.7 Å². The van der Waals surface area contributed by atoms with Gasteiger partial charge >= 0.3 is 6.18 Å². The first-order chi connectivity index (χ1) is 14.7. The lowest BCUT2D eigenvalue weighted by Gasteiger charge is -2.23. The number of rotatable bonds is 4. The van der Waals surface area contributed by atoms with Crippen molar-refractivity contribution in [3.63, 3.8) is 0 Å². The highest BCUT2D eigenvalue weighted by atomic mass is 32.2. The first kappa shape index (κ1) is 23.3. The topological polar surface area (TPSA) is 43.2 Å². The molecule has 0 spiro atoms. The highest BCUT2D eigenvalue weighted by Crippen LogP contribution is 2.29. The Morgan fingerprint density at radius 3 is 2.55 bits per heavy atom. The van der Waals surface area contributed by atoms with E-state index in [4.69, 9.17) is 0 Å². The number of guanidine groups is 1. The largest absolute Gasteiger partial charge is 0.433 e. The molecule has 3 rings (SSSR count). The summed E-state index contributed by atoms with van der Waals surface area (Å²) in [6.45, 7) is 8.39. The highest BCUT2D eigenvalue weighted by Gasteiger charge is 2.35. The van der Waals surface area contributed by atoms with E-state index in [0.29, 0.717) is 31.2 Å². The van der Waals surface area contributed by atoms with Crippen molar-refractivity contribution >= 4 is 29.4 Å². The first-order valence-corrected chi connectivity index (χ1v) is 10.8. The Morgan fingerprint density at radius 2 is 1.87 bits per heavy atom. The fourth-order valence-electron chi connectivity index (χ4n) is 3.11. The Labute approximate surface area is 183 Å². The van der Waals surface area contributed by atoms with Crippen LogP contribution in [-0.4, -0.2) is 58.6 Å². The first-order valence-electron chi connectivity index (χ1n) is 10.00. The molecular weight excluding hydrogens is 430 g/mol. The van der Waals surface area contributed by atoms with Gasteiger partial charge in [-0.3, -0.25) is 0 Å². The Hall–Kier alpha value is -2.33. The number of hydrogen-bond acceptors (Lipinski definition) is 6. The van der Waals surface area contributed by atoms with Crippen molar-refractivity contribution in [2.24, 2.45) is 9.98 Å². The van der Waals surface area contributed by atoms with Crippen molar-refractivity contribution in [1.82, 2.24) is 9.21 Å². The molecule has 1 unspecified atom stereocenters. The summed E-state index contributed by atoms with van der Waals surface area (Å²) in [5.41, 5.74) is -0.418. The van der Waals surface area contributed by atoms with Crippen LogP contribution >= 0.6 is 11.9 Å². The fraction of sp³-hybridized carbons (Fsp3) is 0.429. The fourth-order valence-corrected chi connectivity index (χ4v) is 4.09. The molecular formula is C21H25F4N5S.